The first kappa shape index (κ1) is 17.1. The normalized spacial score (nSPS) is 11.4. The molecule has 2 aromatic carbocycles. The molecule has 0 spiro atoms. The molecular formula is C16H18N2O4S. The van der Waals surface area contributed by atoms with Crippen molar-refractivity contribution in [3.8, 4) is 0 Å². The van der Waals surface area contributed by atoms with Crippen LogP contribution in [0.15, 0.2) is 47.4 Å². The summed E-state index contributed by atoms with van der Waals surface area (Å²) in [5.41, 5.74) is 2.86. The van der Waals surface area contributed by atoms with E-state index in [0.29, 0.717) is 6.42 Å². The molecule has 0 fully saturated rings. The van der Waals surface area contributed by atoms with Crippen molar-refractivity contribution in [2.75, 3.05) is 6.54 Å². The second-order valence-corrected chi connectivity index (χ2v) is 7.04. The topological polar surface area (TPSA) is 89.3 Å². The van der Waals surface area contributed by atoms with Crippen molar-refractivity contribution >= 4 is 15.7 Å². The molecule has 0 aliphatic heterocycles. The zero-order chi connectivity index (χ0) is 17.0. The molecule has 0 aliphatic rings. The number of hydrogen-bond acceptors (Lipinski definition) is 4. The van der Waals surface area contributed by atoms with Crippen LogP contribution in [0.2, 0.25) is 0 Å². The molecule has 0 saturated heterocycles. The van der Waals surface area contributed by atoms with Crippen LogP contribution in [0.5, 0.6) is 0 Å². The third-order valence-electron chi connectivity index (χ3n) is 3.54. The molecule has 0 amide bonds. The van der Waals surface area contributed by atoms with Gasteiger partial charge in [-0.3, -0.25) is 10.1 Å². The second kappa shape index (κ2) is 6.89. The van der Waals surface area contributed by atoms with Gasteiger partial charge in [-0.05, 0) is 37.5 Å². The summed E-state index contributed by atoms with van der Waals surface area (Å²) in [6, 6.07) is 11.3. The van der Waals surface area contributed by atoms with Gasteiger partial charge in [-0.1, -0.05) is 35.9 Å². The van der Waals surface area contributed by atoms with Gasteiger partial charge in [0.1, 0.15) is 0 Å². The summed E-state index contributed by atoms with van der Waals surface area (Å²) in [4.78, 5) is 9.94. The van der Waals surface area contributed by atoms with Crippen LogP contribution >= 0.6 is 0 Å². The van der Waals surface area contributed by atoms with Crippen LogP contribution in [0, 0.1) is 24.0 Å². The molecule has 0 bridgehead atoms. The van der Waals surface area contributed by atoms with Crippen LogP contribution in [0.25, 0.3) is 0 Å². The highest BCUT2D eigenvalue weighted by Gasteiger charge is 2.24. The number of nitro benzene ring substituents is 1. The first-order valence-corrected chi connectivity index (χ1v) is 8.59. The molecule has 7 heteroatoms. The van der Waals surface area contributed by atoms with E-state index >= 15 is 0 Å². The van der Waals surface area contributed by atoms with Crippen molar-refractivity contribution in [1.82, 2.24) is 4.72 Å². The number of rotatable bonds is 6. The largest absolute Gasteiger partial charge is 0.289 e. The van der Waals surface area contributed by atoms with Crippen LogP contribution in [0.3, 0.4) is 0 Å². The van der Waals surface area contributed by atoms with Crippen LogP contribution in [0.1, 0.15) is 16.7 Å². The summed E-state index contributed by atoms with van der Waals surface area (Å²) < 4.78 is 27.0. The van der Waals surface area contributed by atoms with Crippen LogP contribution in [0.4, 0.5) is 5.69 Å². The lowest BCUT2D eigenvalue weighted by molar-refractivity contribution is -0.387. The van der Waals surface area contributed by atoms with Gasteiger partial charge >= 0.3 is 0 Å². The minimum absolute atomic E-state index is 0.179. The SMILES string of the molecule is Cc1ccc(CCNS(=O)(=O)c2ccccc2[N+](=O)[O-])c(C)c1. The van der Waals surface area contributed by atoms with E-state index in [1.807, 2.05) is 32.0 Å². The Hall–Kier alpha value is -2.25. The molecule has 0 heterocycles. The zero-order valence-corrected chi connectivity index (χ0v) is 13.8. The molecular weight excluding hydrogens is 316 g/mol. The van der Waals surface area contributed by atoms with E-state index in [9.17, 15) is 18.5 Å². The average Bonchev–Trinajstić information content (AvgIpc) is 2.49. The zero-order valence-electron chi connectivity index (χ0n) is 12.9. The predicted octanol–water partition coefficient (Wildman–Crippen LogP) is 2.73. The number of para-hydroxylation sites is 1. The highest BCUT2D eigenvalue weighted by atomic mass is 32.2. The summed E-state index contributed by atoms with van der Waals surface area (Å²) in [5, 5.41) is 11.0. The fraction of sp³-hybridized carbons (Fsp3) is 0.250. The fourth-order valence-electron chi connectivity index (χ4n) is 2.36. The van der Waals surface area contributed by atoms with Gasteiger partial charge in [-0.25, -0.2) is 13.1 Å². The molecule has 0 aromatic heterocycles. The van der Waals surface area contributed by atoms with Gasteiger partial charge < -0.3 is 0 Å². The Balaban J connectivity index is 2.12. The lowest BCUT2D eigenvalue weighted by atomic mass is 10.0. The molecule has 2 rings (SSSR count). The molecule has 0 atom stereocenters. The fourth-order valence-corrected chi connectivity index (χ4v) is 3.56. The Morgan fingerprint density at radius 1 is 1.13 bits per heavy atom. The highest BCUT2D eigenvalue weighted by Crippen LogP contribution is 2.22. The van der Waals surface area contributed by atoms with Crippen molar-refractivity contribution in [2.45, 2.75) is 25.2 Å². The van der Waals surface area contributed by atoms with Crippen molar-refractivity contribution in [1.29, 1.82) is 0 Å². The Morgan fingerprint density at radius 3 is 2.48 bits per heavy atom. The Labute approximate surface area is 135 Å². The van der Waals surface area contributed by atoms with Gasteiger partial charge in [0, 0.05) is 12.6 Å². The van der Waals surface area contributed by atoms with Gasteiger partial charge in [0.2, 0.25) is 10.0 Å². The van der Waals surface area contributed by atoms with Gasteiger partial charge in [0.05, 0.1) is 4.92 Å². The molecule has 6 nitrogen and oxygen atoms in total. The molecule has 0 unspecified atom stereocenters. The number of nitro groups is 1. The van der Waals surface area contributed by atoms with Gasteiger partial charge in [0.15, 0.2) is 4.90 Å². The maximum Gasteiger partial charge on any atom is 0.289 e. The molecule has 0 aliphatic carbocycles. The third kappa shape index (κ3) is 4.14. The lowest BCUT2D eigenvalue weighted by Gasteiger charge is -2.09. The lowest BCUT2D eigenvalue weighted by Crippen LogP contribution is -2.26. The first-order valence-electron chi connectivity index (χ1n) is 7.10. The van der Waals surface area contributed by atoms with E-state index in [1.165, 1.54) is 24.3 Å². The number of hydrogen-bond donors (Lipinski definition) is 1. The summed E-state index contributed by atoms with van der Waals surface area (Å²) in [7, 11) is -3.92. The predicted molar refractivity (Wildman–Crippen MR) is 87.9 cm³/mol. The van der Waals surface area contributed by atoms with E-state index in [-0.39, 0.29) is 11.4 Å². The molecule has 0 saturated carbocycles. The number of sulfonamides is 1. The van der Waals surface area contributed by atoms with Crippen molar-refractivity contribution in [3.63, 3.8) is 0 Å². The van der Waals surface area contributed by atoms with Gasteiger partial charge in [-0.2, -0.15) is 0 Å². The monoisotopic (exact) mass is 334 g/mol. The maximum atomic E-state index is 12.3. The quantitative estimate of drug-likeness (QED) is 0.650. The van der Waals surface area contributed by atoms with Crippen molar-refractivity contribution in [2.24, 2.45) is 0 Å². The van der Waals surface area contributed by atoms with E-state index in [1.54, 1.807) is 0 Å². The Kier molecular flexibility index (Phi) is 5.12. The molecule has 2 aromatic rings. The van der Waals surface area contributed by atoms with E-state index in [0.717, 1.165) is 16.7 Å². The minimum atomic E-state index is -3.92. The van der Waals surface area contributed by atoms with E-state index < -0.39 is 20.6 Å². The van der Waals surface area contributed by atoms with Crippen LogP contribution < -0.4 is 4.72 Å². The van der Waals surface area contributed by atoms with E-state index in [4.69, 9.17) is 0 Å². The van der Waals surface area contributed by atoms with Crippen molar-refractivity contribution < 1.29 is 13.3 Å². The van der Waals surface area contributed by atoms with Gasteiger partial charge in [0.25, 0.3) is 5.69 Å². The number of benzene rings is 2. The summed E-state index contributed by atoms with van der Waals surface area (Å²) >= 11 is 0. The second-order valence-electron chi connectivity index (χ2n) is 5.30. The molecule has 122 valence electrons. The molecule has 23 heavy (non-hydrogen) atoms. The minimum Gasteiger partial charge on any atom is -0.258 e. The number of nitrogens with one attached hydrogen (secondary N) is 1. The summed E-state index contributed by atoms with van der Waals surface area (Å²) in [6.07, 6.45) is 0.520. The smallest absolute Gasteiger partial charge is 0.258 e. The third-order valence-corrected chi connectivity index (χ3v) is 5.04. The standard InChI is InChI=1S/C16H18N2O4S/c1-12-7-8-14(13(2)11-12)9-10-17-23(21,22)16-6-4-3-5-15(16)18(19)20/h3-8,11,17H,9-10H2,1-2H3. The molecule has 1 N–H and O–H groups in total. The maximum absolute atomic E-state index is 12.3. The summed E-state index contributed by atoms with van der Waals surface area (Å²) in [5.74, 6) is 0. The van der Waals surface area contributed by atoms with Crippen LogP contribution in [-0.4, -0.2) is 19.9 Å². The Bertz CT molecular complexity index is 832. The molecule has 0 radical (unpaired) electrons. The van der Waals surface area contributed by atoms with Gasteiger partial charge in [-0.15, -0.1) is 0 Å². The first-order chi connectivity index (χ1) is 10.8. The number of aryl methyl sites for hydroxylation is 2. The van der Waals surface area contributed by atoms with Crippen LogP contribution in [-0.2, 0) is 16.4 Å². The van der Waals surface area contributed by atoms with E-state index in [2.05, 4.69) is 4.72 Å². The number of nitrogens with zero attached hydrogens (tertiary/aromatic N) is 1. The summed E-state index contributed by atoms with van der Waals surface area (Å²) in [6.45, 7) is 4.14. The Morgan fingerprint density at radius 2 is 1.83 bits per heavy atom. The van der Waals surface area contributed by atoms with Crippen molar-refractivity contribution in [3.05, 3.63) is 69.3 Å². The average molecular weight is 334 g/mol. The highest BCUT2D eigenvalue weighted by molar-refractivity contribution is 7.89.